The minimum atomic E-state index is -0.227. The lowest BCUT2D eigenvalue weighted by molar-refractivity contribution is -0.117. The average Bonchev–Trinajstić information content (AvgIpc) is 3.02. The van der Waals surface area contributed by atoms with Gasteiger partial charge >= 0.3 is 0 Å². The minimum Gasteiger partial charge on any atom is -0.357 e. The topological polar surface area (TPSA) is 58.1 Å². The summed E-state index contributed by atoms with van der Waals surface area (Å²) in [5.74, 6) is 0.0690. The van der Waals surface area contributed by atoms with Gasteiger partial charge in [0.15, 0.2) is 4.34 Å². The number of carbonyl (C=O) groups excluding carboxylic acids is 1. The Hall–Kier alpha value is -1.86. The van der Waals surface area contributed by atoms with E-state index in [1.165, 1.54) is 23.1 Å². The lowest BCUT2D eigenvalue weighted by Crippen LogP contribution is -2.36. The molecule has 1 aromatic carbocycles. The summed E-state index contributed by atoms with van der Waals surface area (Å²) >= 11 is 2.88. The van der Waals surface area contributed by atoms with Crippen molar-refractivity contribution in [3.05, 3.63) is 43.0 Å². The van der Waals surface area contributed by atoms with Crippen LogP contribution in [0.5, 0.6) is 0 Å². The predicted molar refractivity (Wildman–Crippen MR) is 98.4 cm³/mol. The Bertz CT molecular complexity index is 645. The number of aromatic nitrogens is 2. The molecule has 0 saturated carbocycles. The lowest BCUT2D eigenvalue weighted by Gasteiger charge is -2.23. The summed E-state index contributed by atoms with van der Waals surface area (Å²) < 4.78 is 0.779. The van der Waals surface area contributed by atoms with Crippen molar-refractivity contribution in [2.24, 2.45) is 0 Å². The first kappa shape index (κ1) is 17.5. The first-order valence-corrected chi connectivity index (χ1v) is 9.06. The molecule has 1 N–H and O–H groups in total. The molecular weight excluding hydrogens is 328 g/mol. The molecule has 0 saturated heterocycles. The van der Waals surface area contributed by atoms with Crippen LogP contribution in [0.3, 0.4) is 0 Å². The molecular formula is C16H20N4OS2. The highest BCUT2D eigenvalue weighted by atomic mass is 32.2. The van der Waals surface area contributed by atoms with E-state index >= 15 is 0 Å². The third-order valence-electron chi connectivity index (χ3n) is 3.08. The highest BCUT2D eigenvalue weighted by Gasteiger charge is 2.23. The van der Waals surface area contributed by atoms with E-state index in [0.717, 1.165) is 15.2 Å². The number of amides is 1. The van der Waals surface area contributed by atoms with Gasteiger partial charge in [-0.2, -0.15) is 0 Å². The minimum absolute atomic E-state index is 0.0690. The molecule has 0 spiro atoms. The Labute approximate surface area is 144 Å². The zero-order chi connectivity index (χ0) is 16.7. The smallest absolute Gasteiger partial charge is 0.240 e. The number of hydrogen-bond acceptors (Lipinski definition) is 6. The van der Waals surface area contributed by atoms with Crippen molar-refractivity contribution in [1.29, 1.82) is 0 Å². The standard InChI is InChI=1S/C16H20N4OS2/c1-4-11-17-15-18-19-16(23-15)22-12(3)14(21)20(5-2)13-9-7-6-8-10-13/h4,6-10,12H,1,5,11H2,2-3H3,(H,17,18). The fourth-order valence-corrected chi connectivity index (χ4v) is 3.95. The van der Waals surface area contributed by atoms with E-state index in [9.17, 15) is 4.79 Å². The Morgan fingerprint density at radius 3 is 2.83 bits per heavy atom. The Morgan fingerprint density at radius 2 is 2.17 bits per heavy atom. The van der Waals surface area contributed by atoms with Crippen LogP contribution in [-0.4, -0.2) is 34.4 Å². The van der Waals surface area contributed by atoms with E-state index in [2.05, 4.69) is 22.1 Å². The van der Waals surface area contributed by atoms with E-state index in [1.807, 2.05) is 44.2 Å². The number of para-hydroxylation sites is 1. The molecule has 1 amide bonds. The third kappa shape index (κ3) is 4.80. The number of rotatable bonds is 8. The summed E-state index contributed by atoms with van der Waals surface area (Å²) in [4.78, 5) is 14.5. The molecule has 1 unspecified atom stereocenters. The molecule has 5 nitrogen and oxygen atoms in total. The van der Waals surface area contributed by atoms with Crippen LogP contribution < -0.4 is 10.2 Å². The number of thioether (sulfide) groups is 1. The fraction of sp³-hybridized carbons (Fsp3) is 0.312. The monoisotopic (exact) mass is 348 g/mol. The molecule has 1 atom stereocenters. The highest BCUT2D eigenvalue weighted by molar-refractivity contribution is 8.02. The molecule has 7 heteroatoms. The summed E-state index contributed by atoms with van der Waals surface area (Å²) in [5, 5.41) is 11.8. The van der Waals surface area contributed by atoms with Gasteiger partial charge in [-0.25, -0.2) is 0 Å². The molecule has 0 fully saturated rings. The zero-order valence-corrected chi connectivity index (χ0v) is 14.9. The fourth-order valence-electron chi connectivity index (χ4n) is 1.98. The van der Waals surface area contributed by atoms with Crippen LogP contribution >= 0.6 is 23.1 Å². The van der Waals surface area contributed by atoms with Gasteiger partial charge in [0.25, 0.3) is 0 Å². The number of nitrogens with one attached hydrogen (secondary N) is 1. The highest BCUT2D eigenvalue weighted by Crippen LogP contribution is 2.30. The second-order valence-electron chi connectivity index (χ2n) is 4.72. The third-order valence-corrected chi connectivity index (χ3v) is 5.13. The molecule has 0 radical (unpaired) electrons. The maximum Gasteiger partial charge on any atom is 0.240 e. The van der Waals surface area contributed by atoms with E-state index in [1.54, 1.807) is 11.0 Å². The summed E-state index contributed by atoms with van der Waals surface area (Å²) in [6.45, 7) is 8.81. The summed E-state index contributed by atoms with van der Waals surface area (Å²) in [6.07, 6.45) is 1.76. The Kier molecular flexibility index (Phi) is 6.61. The van der Waals surface area contributed by atoms with Crippen molar-refractivity contribution in [3.8, 4) is 0 Å². The van der Waals surface area contributed by atoms with E-state index < -0.39 is 0 Å². The van der Waals surface area contributed by atoms with Gasteiger partial charge in [-0.1, -0.05) is 47.4 Å². The molecule has 2 rings (SSSR count). The second-order valence-corrected chi connectivity index (χ2v) is 7.29. The molecule has 1 heterocycles. The average molecular weight is 348 g/mol. The van der Waals surface area contributed by atoms with Crippen LogP contribution in [0.25, 0.3) is 0 Å². The maximum absolute atomic E-state index is 12.7. The summed E-state index contributed by atoms with van der Waals surface area (Å²) in [6, 6.07) is 9.71. The van der Waals surface area contributed by atoms with Crippen molar-refractivity contribution < 1.29 is 4.79 Å². The molecule has 0 bridgehead atoms. The number of benzene rings is 1. The number of anilines is 2. The van der Waals surface area contributed by atoms with Crippen LogP contribution in [0.15, 0.2) is 47.3 Å². The molecule has 2 aromatic rings. The largest absolute Gasteiger partial charge is 0.357 e. The quantitative estimate of drug-likeness (QED) is 0.583. The predicted octanol–water partition coefficient (Wildman–Crippen LogP) is 3.67. The van der Waals surface area contributed by atoms with Gasteiger partial charge in [0.2, 0.25) is 11.0 Å². The van der Waals surface area contributed by atoms with Crippen LogP contribution in [0, 0.1) is 0 Å². The second kappa shape index (κ2) is 8.69. The lowest BCUT2D eigenvalue weighted by atomic mass is 10.2. The summed E-state index contributed by atoms with van der Waals surface area (Å²) in [5.41, 5.74) is 0.915. The van der Waals surface area contributed by atoms with Gasteiger partial charge in [-0.05, 0) is 26.0 Å². The molecule has 23 heavy (non-hydrogen) atoms. The number of carbonyl (C=O) groups is 1. The van der Waals surface area contributed by atoms with Gasteiger partial charge in [-0.3, -0.25) is 4.79 Å². The van der Waals surface area contributed by atoms with Gasteiger partial charge < -0.3 is 10.2 Å². The molecule has 0 aliphatic carbocycles. The molecule has 0 aliphatic rings. The van der Waals surface area contributed by atoms with Crippen molar-refractivity contribution >= 4 is 39.8 Å². The normalized spacial score (nSPS) is 11.7. The van der Waals surface area contributed by atoms with Crippen molar-refractivity contribution in [2.75, 3.05) is 23.3 Å². The SMILES string of the molecule is C=CCNc1nnc(SC(C)C(=O)N(CC)c2ccccc2)s1. The van der Waals surface area contributed by atoms with E-state index in [0.29, 0.717) is 13.1 Å². The molecule has 122 valence electrons. The van der Waals surface area contributed by atoms with Crippen LogP contribution in [0.2, 0.25) is 0 Å². The zero-order valence-electron chi connectivity index (χ0n) is 13.2. The van der Waals surface area contributed by atoms with E-state index in [-0.39, 0.29) is 11.2 Å². The van der Waals surface area contributed by atoms with E-state index in [4.69, 9.17) is 0 Å². The van der Waals surface area contributed by atoms with Crippen molar-refractivity contribution in [3.63, 3.8) is 0 Å². The van der Waals surface area contributed by atoms with Gasteiger partial charge in [0.1, 0.15) is 0 Å². The van der Waals surface area contributed by atoms with Crippen LogP contribution in [-0.2, 0) is 4.79 Å². The maximum atomic E-state index is 12.7. The van der Waals surface area contributed by atoms with Crippen molar-refractivity contribution in [2.45, 2.75) is 23.4 Å². The molecule has 0 aliphatic heterocycles. The Morgan fingerprint density at radius 1 is 1.43 bits per heavy atom. The molecule has 1 aromatic heterocycles. The van der Waals surface area contributed by atoms with Crippen LogP contribution in [0.1, 0.15) is 13.8 Å². The summed E-state index contributed by atoms with van der Waals surface area (Å²) in [7, 11) is 0. The van der Waals surface area contributed by atoms with Gasteiger partial charge in [0.05, 0.1) is 5.25 Å². The van der Waals surface area contributed by atoms with Crippen LogP contribution in [0.4, 0.5) is 10.8 Å². The Balaban J connectivity index is 2.01. The first-order valence-electron chi connectivity index (χ1n) is 7.37. The number of hydrogen-bond donors (Lipinski definition) is 1. The first-order chi connectivity index (χ1) is 11.2. The number of nitrogens with zero attached hydrogens (tertiary/aromatic N) is 3. The van der Waals surface area contributed by atoms with Crippen molar-refractivity contribution in [1.82, 2.24) is 10.2 Å². The van der Waals surface area contributed by atoms with Gasteiger partial charge in [-0.15, -0.1) is 16.8 Å². The van der Waals surface area contributed by atoms with Gasteiger partial charge in [0, 0.05) is 18.8 Å².